The van der Waals surface area contributed by atoms with Crippen molar-refractivity contribution in [2.75, 3.05) is 36.5 Å². The molecule has 2 aliphatic heterocycles. The number of nitrogens with one attached hydrogen (secondary N) is 2. The number of carbonyl (C=O) groups is 2. The van der Waals surface area contributed by atoms with E-state index in [2.05, 4.69) is 25.8 Å². The summed E-state index contributed by atoms with van der Waals surface area (Å²) in [5, 5.41) is 19.1. The van der Waals surface area contributed by atoms with Gasteiger partial charge in [0.15, 0.2) is 0 Å². The van der Waals surface area contributed by atoms with E-state index in [1.807, 2.05) is 4.90 Å². The van der Waals surface area contributed by atoms with Crippen molar-refractivity contribution in [3.05, 3.63) is 41.4 Å². The number of aliphatic hydroxyl groups excluding tert-OH is 1. The van der Waals surface area contributed by atoms with Gasteiger partial charge in [-0.15, -0.1) is 0 Å². The quantitative estimate of drug-likeness (QED) is 0.619. The molecule has 0 aliphatic carbocycles. The van der Waals surface area contributed by atoms with E-state index in [9.17, 15) is 19.1 Å². The second-order valence-corrected chi connectivity index (χ2v) is 6.40. The van der Waals surface area contributed by atoms with Gasteiger partial charge in [0.1, 0.15) is 29.0 Å². The zero-order valence-corrected chi connectivity index (χ0v) is 15.1. The number of hydrogen-bond acceptors (Lipinski definition) is 9. The van der Waals surface area contributed by atoms with Gasteiger partial charge in [-0.1, -0.05) is 0 Å². The number of ether oxygens (including phenoxy) is 1. The lowest BCUT2D eigenvalue weighted by atomic mass is 10.0. The number of nitrogens with zero attached hydrogens (tertiary/aromatic N) is 4. The molecule has 0 bridgehead atoms. The van der Waals surface area contributed by atoms with E-state index < -0.39 is 35.0 Å². The van der Waals surface area contributed by atoms with E-state index in [1.165, 1.54) is 6.07 Å². The van der Waals surface area contributed by atoms with Crippen LogP contribution in [0.2, 0.25) is 0 Å². The summed E-state index contributed by atoms with van der Waals surface area (Å²) in [6.45, 7) is 2.33. The van der Waals surface area contributed by atoms with E-state index in [0.29, 0.717) is 32.3 Å². The van der Waals surface area contributed by atoms with E-state index >= 15 is 0 Å². The van der Waals surface area contributed by atoms with Gasteiger partial charge < -0.3 is 29.9 Å². The van der Waals surface area contributed by atoms with Crippen LogP contribution in [-0.4, -0.2) is 58.3 Å². The predicted octanol–water partition coefficient (Wildman–Crippen LogP) is 0.452. The molecule has 2 aromatic rings. The smallest absolute Gasteiger partial charge is 0.266 e. The standard InChI is InChI=1S/C17H17FN6O5/c18-9-1-2-12(19-8-9)21-15(27)13-11(25)7-10(20-14(13)26)16-22-17(23-29-16)24-3-5-28-6-4-24/h1-2,8,10,25H,3-7H2,(H,20,26)(H,19,21,27). The Morgan fingerprint density at radius 3 is 2.83 bits per heavy atom. The molecule has 152 valence electrons. The summed E-state index contributed by atoms with van der Waals surface area (Å²) in [6, 6.07) is 1.57. The Bertz CT molecular complexity index is 953. The maximum atomic E-state index is 12.9. The van der Waals surface area contributed by atoms with Crippen LogP contribution in [0.25, 0.3) is 0 Å². The minimum atomic E-state index is -0.864. The molecule has 4 rings (SSSR count). The first kappa shape index (κ1) is 18.8. The first-order valence-electron chi connectivity index (χ1n) is 8.83. The zero-order valence-electron chi connectivity index (χ0n) is 15.1. The zero-order chi connectivity index (χ0) is 20.4. The Labute approximate surface area is 163 Å². The van der Waals surface area contributed by atoms with Crippen molar-refractivity contribution in [1.82, 2.24) is 20.4 Å². The van der Waals surface area contributed by atoms with Crippen LogP contribution in [0.5, 0.6) is 0 Å². The van der Waals surface area contributed by atoms with Gasteiger partial charge in [0.05, 0.1) is 19.4 Å². The van der Waals surface area contributed by atoms with Crippen LogP contribution in [0.3, 0.4) is 0 Å². The van der Waals surface area contributed by atoms with Gasteiger partial charge in [0.25, 0.3) is 23.7 Å². The molecule has 2 amide bonds. The molecular formula is C17H17FN6O5. The van der Waals surface area contributed by atoms with Crippen molar-refractivity contribution in [3.63, 3.8) is 0 Å². The van der Waals surface area contributed by atoms with Gasteiger partial charge in [-0.3, -0.25) is 9.59 Å². The largest absolute Gasteiger partial charge is 0.511 e. The SMILES string of the molecule is O=C(Nc1ccc(F)cn1)C1=C(O)CC(c2nc(N3CCOCC3)no2)NC1=O. The number of anilines is 2. The number of rotatable bonds is 4. The molecule has 3 N–H and O–H groups in total. The molecule has 0 radical (unpaired) electrons. The van der Waals surface area contributed by atoms with Crippen LogP contribution in [0, 0.1) is 5.82 Å². The molecule has 12 heteroatoms. The van der Waals surface area contributed by atoms with Crippen molar-refractivity contribution in [2.24, 2.45) is 0 Å². The number of morpholine rings is 1. The number of aromatic nitrogens is 3. The van der Waals surface area contributed by atoms with Crippen LogP contribution in [-0.2, 0) is 14.3 Å². The lowest BCUT2D eigenvalue weighted by Crippen LogP contribution is -2.39. The Kier molecular flexibility index (Phi) is 5.08. The average molecular weight is 404 g/mol. The fraction of sp³-hybridized carbons (Fsp3) is 0.353. The van der Waals surface area contributed by atoms with Crippen molar-refractivity contribution < 1.29 is 28.3 Å². The molecule has 2 aliphatic rings. The number of hydrogen-bond donors (Lipinski definition) is 3. The summed E-state index contributed by atoms with van der Waals surface area (Å²) in [5.74, 6) is -2.14. The summed E-state index contributed by atoms with van der Waals surface area (Å²) < 4.78 is 23.4. The lowest BCUT2D eigenvalue weighted by molar-refractivity contribution is -0.123. The van der Waals surface area contributed by atoms with Crippen molar-refractivity contribution in [2.45, 2.75) is 12.5 Å². The third-order valence-corrected chi connectivity index (χ3v) is 4.44. The summed E-state index contributed by atoms with van der Waals surface area (Å²) in [7, 11) is 0. The molecule has 4 heterocycles. The molecule has 1 atom stereocenters. The van der Waals surface area contributed by atoms with Crippen molar-refractivity contribution in [1.29, 1.82) is 0 Å². The van der Waals surface area contributed by atoms with Gasteiger partial charge in [-0.2, -0.15) is 4.98 Å². The maximum absolute atomic E-state index is 12.9. The van der Waals surface area contributed by atoms with E-state index in [4.69, 9.17) is 9.26 Å². The fourth-order valence-corrected chi connectivity index (χ4v) is 2.98. The van der Waals surface area contributed by atoms with Gasteiger partial charge in [-0.25, -0.2) is 9.37 Å². The molecule has 11 nitrogen and oxygen atoms in total. The highest BCUT2D eigenvalue weighted by atomic mass is 19.1. The molecule has 0 aromatic carbocycles. The highest BCUT2D eigenvalue weighted by Gasteiger charge is 2.35. The molecule has 1 fully saturated rings. The number of amides is 2. The highest BCUT2D eigenvalue weighted by molar-refractivity contribution is 6.23. The van der Waals surface area contributed by atoms with E-state index in [0.717, 1.165) is 12.3 Å². The fourth-order valence-electron chi connectivity index (χ4n) is 2.98. The van der Waals surface area contributed by atoms with Gasteiger partial charge >= 0.3 is 0 Å². The van der Waals surface area contributed by atoms with Gasteiger partial charge in [-0.05, 0) is 17.3 Å². The molecule has 1 unspecified atom stereocenters. The molecule has 0 spiro atoms. The molecule has 29 heavy (non-hydrogen) atoms. The van der Waals surface area contributed by atoms with E-state index in [1.54, 1.807) is 0 Å². The first-order valence-corrected chi connectivity index (χ1v) is 8.83. The second kappa shape index (κ2) is 7.83. The number of aliphatic hydroxyl groups is 1. The highest BCUT2D eigenvalue weighted by Crippen LogP contribution is 2.27. The normalized spacial score (nSPS) is 19.8. The van der Waals surface area contributed by atoms with Crippen LogP contribution in [0.1, 0.15) is 18.4 Å². The van der Waals surface area contributed by atoms with Crippen LogP contribution < -0.4 is 15.5 Å². The summed E-state index contributed by atoms with van der Waals surface area (Å²) in [6.07, 6.45) is 0.818. The number of carbonyl (C=O) groups excluding carboxylic acids is 2. The predicted molar refractivity (Wildman–Crippen MR) is 95.3 cm³/mol. The third kappa shape index (κ3) is 4.01. The Morgan fingerprint density at radius 2 is 2.14 bits per heavy atom. The summed E-state index contributed by atoms with van der Waals surface area (Å²) >= 11 is 0. The molecular weight excluding hydrogens is 387 g/mol. The molecule has 2 aromatic heterocycles. The number of halogens is 1. The first-order chi connectivity index (χ1) is 14.0. The molecule has 0 saturated carbocycles. The Balaban J connectivity index is 1.47. The van der Waals surface area contributed by atoms with E-state index in [-0.39, 0.29) is 18.1 Å². The van der Waals surface area contributed by atoms with Gasteiger partial charge in [0.2, 0.25) is 0 Å². The summed E-state index contributed by atoms with van der Waals surface area (Å²) in [4.78, 5) is 34.6. The van der Waals surface area contributed by atoms with Crippen LogP contribution in [0.15, 0.2) is 34.2 Å². The third-order valence-electron chi connectivity index (χ3n) is 4.44. The maximum Gasteiger partial charge on any atom is 0.266 e. The Hall–Kier alpha value is -3.54. The summed E-state index contributed by atoms with van der Waals surface area (Å²) in [5.41, 5.74) is -0.458. The Morgan fingerprint density at radius 1 is 1.34 bits per heavy atom. The minimum absolute atomic E-state index is 0.0404. The van der Waals surface area contributed by atoms with Gasteiger partial charge in [0, 0.05) is 19.5 Å². The van der Waals surface area contributed by atoms with Crippen molar-refractivity contribution >= 4 is 23.6 Å². The molecule has 1 saturated heterocycles. The lowest BCUT2D eigenvalue weighted by Gasteiger charge is -2.25. The second-order valence-electron chi connectivity index (χ2n) is 6.40. The van der Waals surface area contributed by atoms with Crippen LogP contribution >= 0.6 is 0 Å². The van der Waals surface area contributed by atoms with Crippen molar-refractivity contribution in [3.8, 4) is 0 Å². The monoisotopic (exact) mass is 404 g/mol. The average Bonchev–Trinajstić information content (AvgIpc) is 3.20. The number of pyridine rings is 1. The minimum Gasteiger partial charge on any atom is -0.511 e. The van der Waals surface area contributed by atoms with Crippen LogP contribution in [0.4, 0.5) is 16.2 Å². The topological polar surface area (TPSA) is 143 Å².